The summed E-state index contributed by atoms with van der Waals surface area (Å²) in [6.45, 7) is -0.483. The zero-order valence-corrected chi connectivity index (χ0v) is 32.5. The van der Waals surface area contributed by atoms with E-state index in [-0.39, 0.29) is 53.4 Å². The van der Waals surface area contributed by atoms with E-state index >= 15 is 0 Å². The molecule has 2 aromatic rings. The Morgan fingerprint density at radius 1 is 0.879 bits per heavy atom. The van der Waals surface area contributed by atoms with Crippen LogP contribution in [0.5, 0.6) is 0 Å². The lowest BCUT2D eigenvalue weighted by Crippen LogP contribution is -2.47. The average molecular weight is 865 g/mol. The molecule has 0 bridgehead atoms. The molecule has 5 rings (SSSR count). The van der Waals surface area contributed by atoms with Gasteiger partial charge in [0.05, 0.1) is 21.4 Å². The summed E-state index contributed by atoms with van der Waals surface area (Å²) < 4.78 is 106. The van der Waals surface area contributed by atoms with E-state index in [1.807, 2.05) is 0 Å². The van der Waals surface area contributed by atoms with E-state index in [0.717, 1.165) is 18.2 Å². The number of amides is 3. The van der Waals surface area contributed by atoms with Crippen LogP contribution < -0.4 is 26.5 Å². The smallest absolute Gasteiger partial charge is 0.336 e. The van der Waals surface area contributed by atoms with Crippen molar-refractivity contribution in [3.05, 3.63) is 58.9 Å². The van der Waals surface area contributed by atoms with Gasteiger partial charge in [0.15, 0.2) is 16.2 Å². The summed E-state index contributed by atoms with van der Waals surface area (Å²) in [4.78, 5) is 64.0. The van der Waals surface area contributed by atoms with Crippen LogP contribution in [0.4, 0.5) is 5.69 Å². The summed E-state index contributed by atoms with van der Waals surface area (Å²) in [6, 6.07) is 8.05. The highest BCUT2D eigenvalue weighted by atomic mass is 32.2. The summed E-state index contributed by atoms with van der Waals surface area (Å²) in [7, 11) is -14.9. The van der Waals surface area contributed by atoms with Gasteiger partial charge in [-0.25, -0.2) is 39.6 Å². The van der Waals surface area contributed by atoms with Crippen LogP contribution in [0.2, 0.25) is 0 Å². The van der Waals surface area contributed by atoms with Gasteiger partial charge in [-0.3, -0.25) is 19.8 Å². The van der Waals surface area contributed by atoms with Crippen LogP contribution in [-0.2, 0) is 49.5 Å². The van der Waals surface area contributed by atoms with Crippen molar-refractivity contribution in [1.82, 2.24) is 15.1 Å². The zero-order valence-electron chi connectivity index (χ0n) is 30.0. The van der Waals surface area contributed by atoms with Crippen LogP contribution in [0.3, 0.4) is 0 Å². The molecule has 2 aliphatic heterocycles. The van der Waals surface area contributed by atoms with E-state index in [9.17, 15) is 63.4 Å². The SMILES string of the molecule is Nc1ccc2c(-c3ccc(C(=O)NCCCCCC(=O)ON4C(=O)CCC4=O)cc3C(=O)O)c3ccc(=[NH2+])c(S(=O)(=O)[O-])c-3oc2c1S(=O)(=O)NCCCS(=O)(=O)[O-]. The van der Waals surface area contributed by atoms with Crippen LogP contribution >= 0.6 is 0 Å². The van der Waals surface area contributed by atoms with Crippen molar-refractivity contribution in [2.45, 2.75) is 54.7 Å². The van der Waals surface area contributed by atoms with Crippen molar-refractivity contribution in [2.75, 3.05) is 24.6 Å². The third-order valence-corrected chi connectivity index (χ3v) is 12.0. The first-order valence-corrected chi connectivity index (χ1v) is 21.6. The molecular formula is C34H34N5O16S3-. The Hall–Kier alpha value is -5.79. The lowest BCUT2D eigenvalue weighted by molar-refractivity contribution is -0.197. The van der Waals surface area contributed by atoms with Crippen LogP contribution in [0.1, 0.15) is 65.7 Å². The molecule has 0 saturated carbocycles. The Kier molecular flexibility index (Phi) is 12.7. The lowest BCUT2D eigenvalue weighted by atomic mass is 9.89. The quantitative estimate of drug-likeness (QED) is 0.0284. The van der Waals surface area contributed by atoms with Gasteiger partial charge in [-0.1, -0.05) is 12.5 Å². The number of nitrogens with two attached hydrogens (primary N) is 2. The summed E-state index contributed by atoms with van der Waals surface area (Å²) >= 11 is 0. The number of anilines is 1. The molecule has 3 aliphatic rings. The summed E-state index contributed by atoms with van der Waals surface area (Å²) in [6.07, 6.45) is 0.443. The number of rotatable bonds is 17. The highest BCUT2D eigenvalue weighted by molar-refractivity contribution is 7.90. The minimum atomic E-state index is -5.46. The second kappa shape index (κ2) is 17.0. The highest BCUT2D eigenvalue weighted by Gasteiger charge is 2.33. The molecule has 0 unspecified atom stereocenters. The number of fused-ring (bicyclic) bond motifs is 2. The number of carbonyl (C=O) groups is 5. The number of nitrogen functional groups attached to an aromatic ring is 1. The second-order valence-electron chi connectivity index (χ2n) is 12.8. The van der Waals surface area contributed by atoms with E-state index in [1.54, 1.807) is 0 Å². The predicted molar refractivity (Wildman–Crippen MR) is 195 cm³/mol. The standard InChI is InChI=1S/C34H35N5O16S3/c35-23-10-8-20-28(21-9-11-24(36)32(58(51,52)53)30(21)54-29(20)31(23)57(49,50)38-15-4-16-56(46,47)48)19-7-6-18(17-22(19)34(44)45)33(43)37-14-3-1-2-5-27(42)55-39-25(40)12-13-26(39)41/h6-11,17,36,38H,1-5,12-16,35H2,(H,37,43)(H,44,45)(H,46,47,48)(H,51,52,53)/p-1. The van der Waals surface area contributed by atoms with E-state index < -0.39 is 116 Å². The Morgan fingerprint density at radius 3 is 2.19 bits per heavy atom. The van der Waals surface area contributed by atoms with Gasteiger partial charge < -0.3 is 34.5 Å². The molecule has 0 aromatic heterocycles. The lowest BCUT2D eigenvalue weighted by Gasteiger charge is -2.21. The van der Waals surface area contributed by atoms with Gasteiger partial charge in [-0.15, -0.1) is 5.06 Å². The topological polar surface area (TPSA) is 355 Å². The maximum absolute atomic E-state index is 13.6. The number of carbonyl (C=O) groups excluding carboxylic acids is 4. The molecule has 21 nitrogen and oxygen atoms in total. The number of hydrogen-bond acceptors (Lipinski definition) is 16. The first-order valence-electron chi connectivity index (χ1n) is 17.1. The molecule has 2 aromatic carbocycles. The number of aromatic carboxylic acids is 1. The minimum absolute atomic E-state index is 0.0447. The number of benzene rings is 3. The van der Waals surface area contributed by atoms with Crippen LogP contribution in [-0.4, -0.2) is 93.0 Å². The molecule has 58 heavy (non-hydrogen) atoms. The van der Waals surface area contributed by atoms with Gasteiger partial charge in [-0.05, 0) is 55.2 Å². The number of carboxylic acid groups (broad SMARTS) is 1. The number of unbranched alkanes of at least 4 members (excludes halogenated alkanes) is 2. The normalized spacial score (nSPS) is 13.7. The molecule has 0 atom stereocenters. The minimum Gasteiger partial charge on any atom is -0.748 e. The molecule has 1 fully saturated rings. The number of nitrogens with one attached hydrogen (secondary N) is 2. The van der Waals surface area contributed by atoms with Gasteiger partial charge in [0, 0.05) is 66.2 Å². The van der Waals surface area contributed by atoms with Crippen molar-refractivity contribution in [3.8, 4) is 22.5 Å². The summed E-state index contributed by atoms with van der Waals surface area (Å²) in [5.41, 5.74) is 3.70. The number of hydrogen-bond donors (Lipinski definition) is 5. The largest absolute Gasteiger partial charge is 0.748 e. The molecule has 0 radical (unpaired) electrons. The molecule has 1 aliphatic carbocycles. The summed E-state index contributed by atoms with van der Waals surface area (Å²) in [5, 5.41) is 18.5. The maximum Gasteiger partial charge on any atom is 0.336 e. The Morgan fingerprint density at radius 2 is 1.55 bits per heavy atom. The average Bonchev–Trinajstić information content (AvgIpc) is 3.44. The Bertz CT molecular complexity index is 2720. The Balaban J connectivity index is 1.48. The number of imide groups is 1. The van der Waals surface area contributed by atoms with Crippen LogP contribution in [0.25, 0.3) is 33.4 Å². The fourth-order valence-corrected chi connectivity index (χ4v) is 8.68. The van der Waals surface area contributed by atoms with Crippen molar-refractivity contribution >= 4 is 76.6 Å². The number of sulfonamides is 1. The van der Waals surface area contributed by atoms with E-state index in [4.69, 9.17) is 20.4 Å². The fourth-order valence-electron chi connectivity index (χ4n) is 6.11. The van der Waals surface area contributed by atoms with Gasteiger partial charge in [0.1, 0.15) is 15.0 Å². The van der Waals surface area contributed by atoms with E-state index in [2.05, 4.69) is 10.0 Å². The molecule has 7 N–H and O–H groups in total. The van der Waals surface area contributed by atoms with Crippen molar-refractivity contribution < 1.29 is 78.1 Å². The monoisotopic (exact) mass is 864 g/mol. The fraction of sp³-hybridized carbons (Fsp3) is 0.294. The first-order chi connectivity index (χ1) is 27.1. The van der Waals surface area contributed by atoms with Crippen LogP contribution in [0.15, 0.2) is 56.7 Å². The summed E-state index contributed by atoms with van der Waals surface area (Å²) in [5.74, 6) is -5.96. The van der Waals surface area contributed by atoms with E-state index in [1.165, 1.54) is 24.3 Å². The maximum atomic E-state index is 13.6. The molecule has 0 spiro atoms. The number of nitrogens with zero attached hydrogens (tertiary/aromatic N) is 1. The van der Waals surface area contributed by atoms with Gasteiger partial charge in [-0.2, -0.15) is 0 Å². The van der Waals surface area contributed by atoms with Crippen molar-refractivity contribution in [3.63, 3.8) is 0 Å². The molecule has 24 heteroatoms. The predicted octanol–water partition coefficient (Wildman–Crippen LogP) is -0.840. The Labute approximate surface area is 329 Å². The van der Waals surface area contributed by atoms with Crippen LogP contribution in [0, 0.1) is 0 Å². The highest BCUT2D eigenvalue weighted by Crippen LogP contribution is 2.45. The van der Waals surface area contributed by atoms with Gasteiger partial charge in [0.2, 0.25) is 15.4 Å². The van der Waals surface area contributed by atoms with Crippen molar-refractivity contribution in [1.29, 1.82) is 0 Å². The van der Waals surface area contributed by atoms with Gasteiger partial charge >= 0.3 is 11.9 Å². The number of carboxylic acids is 1. The third-order valence-electron chi connectivity index (χ3n) is 8.73. The molecule has 1 saturated heterocycles. The number of hydroxylamine groups is 2. The molecular weight excluding hydrogens is 831 g/mol. The zero-order chi connectivity index (χ0) is 42.7. The second-order valence-corrected chi connectivity index (χ2v) is 17.4. The first kappa shape index (κ1) is 43.3. The van der Waals surface area contributed by atoms with E-state index in [0.29, 0.717) is 24.3 Å². The third kappa shape index (κ3) is 9.66. The van der Waals surface area contributed by atoms with Crippen molar-refractivity contribution in [2.24, 2.45) is 0 Å². The molecule has 310 valence electrons. The van der Waals surface area contributed by atoms with Gasteiger partial charge in [0.25, 0.3) is 17.7 Å². The molecule has 2 heterocycles. The molecule has 3 amide bonds.